The number of rotatable bonds is 7. The molecule has 0 bridgehead atoms. The molecule has 0 saturated heterocycles. The molecule has 2 aromatic heterocycles. The highest BCUT2D eigenvalue weighted by Crippen LogP contribution is 2.25. The lowest BCUT2D eigenvalue weighted by Crippen LogP contribution is -2.29. The summed E-state index contributed by atoms with van der Waals surface area (Å²) < 4.78 is 3.13. The zero-order valence-corrected chi connectivity index (χ0v) is 18.7. The Hall–Kier alpha value is -3.58. The average Bonchev–Trinajstić information content (AvgIpc) is 3.18. The Morgan fingerprint density at radius 3 is 2.12 bits per heavy atom. The second-order valence-electron chi connectivity index (χ2n) is 7.55. The van der Waals surface area contributed by atoms with Gasteiger partial charge in [0.15, 0.2) is 11.2 Å². The highest BCUT2D eigenvalue weighted by atomic mass is 35.5. The zero-order chi connectivity index (χ0) is 22.7. The van der Waals surface area contributed by atoms with Crippen molar-refractivity contribution in [2.24, 2.45) is 7.05 Å². The van der Waals surface area contributed by atoms with Crippen molar-refractivity contribution < 1.29 is 0 Å². The number of halogens is 1. The van der Waals surface area contributed by atoms with Crippen molar-refractivity contribution in [3.8, 4) is 0 Å². The summed E-state index contributed by atoms with van der Waals surface area (Å²) in [6.07, 6.45) is 1.78. The quantitative estimate of drug-likeness (QED) is 0.466. The lowest BCUT2D eigenvalue weighted by Gasteiger charge is -2.25. The van der Waals surface area contributed by atoms with Crippen molar-refractivity contribution >= 4 is 28.7 Å². The van der Waals surface area contributed by atoms with E-state index in [1.54, 1.807) is 17.7 Å². The normalized spacial score (nSPS) is 11.8. The molecule has 0 unspecified atom stereocenters. The molecule has 8 heteroatoms. The number of fused-ring (bicyclic) bond motifs is 1. The molecule has 0 aliphatic rings. The third-order valence-corrected chi connectivity index (χ3v) is 5.66. The molecule has 164 valence electrons. The molecule has 0 aliphatic heterocycles. The minimum Gasteiger partial charge on any atom is -0.334 e. The molecule has 0 aliphatic carbocycles. The summed E-state index contributed by atoms with van der Waals surface area (Å²) in [6, 6.07) is 20.1. The number of nitrogens with zero attached hydrogens (tertiary/aromatic N) is 4. The van der Waals surface area contributed by atoms with Crippen LogP contribution >= 0.6 is 11.6 Å². The van der Waals surface area contributed by atoms with Gasteiger partial charge in [-0.05, 0) is 18.1 Å². The number of imidazole rings is 1. The Balaban J connectivity index is 1.93. The number of H-pyrrole nitrogens is 1. The molecule has 0 amide bonds. The van der Waals surface area contributed by atoms with Gasteiger partial charge in [-0.15, -0.1) is 0 Å². The van der Waals surface area contributed by atoms with Crippen LogP contribution in [0, 0.1) is 0 Å². The molecule has 4 aromatic rings. The maximum Gasteiger partial charge on any atom is 0.329 e. The number of benzene rings is 2. The van der Waals surface area contributed by atoms with E-state index < -0.39 is 11.2 Å². The standard InChI is InChI=1S/C24H24ClN5O2/c1-3-19(25)16-30-20-21(28(2)24(32)27-22(20)31)26-23(30)29(14-17-10-6-4-7-11-17)15-18-12-8-5-9-13-18/h3-13H,14-16H2,1-2H3,(H,27,31,32)/b19-3-. The smallest absolute Gasteiger partial charge is 0.329 e. The van der Waals surface area contributed by atoms with Gasteiger partial charge in [-0.1, -0.05) is 78.3 Å². The monoisotopic (exact) mass is 449 g/mol. The first kappa shape index (κ1) is 21.6. The molecule has 2 heterocycles. The van der Waals surface area contributed by atoms with Crippen LogP contribution in [-0.2, 0) is 26.7 Å². The minimum atomic E-state index is -0.506. The molecule has 32 heavy (non-hydrogen) atoms. The largest absolute Gasteiger partial charge is 0.334 e. The van der Waals surface area contributed by atoms with Crippen molar-refractivity contribution in [2.75, 3.05) is 4.90 Å². The molecular formula is C24H24ClN5O2. The Morgan fingerprint density at radius 1 is 1.03 bits per heavy atom. The fourth-order valence-electron chi connectivity index (χ4n) is 3.66. The van der Waals surface area contributed by atoms with Crippen LogP contribution in [0.15, 0.2) is 81.4 Å². The van der Waals surface area contributed by atoms with Crippen LogP contribution in [0.3, 0.4) is 0 Å². The van der Waals surface area contributed by atoms with Crippen LogP contribution in [0.4, 0.5) is 5.95 Å². The Labute approximate surface area is 190 Å². The van der Waals surface area contributed by atoms with E-state index in [4.69, 9.17) is 16.6 Å². The summed E-state index contributed by atoms with van der Waals surface area (Å²) in [7, 11) is 1.59. The second kappa shape index (κ2) is 9.28. The van der Waals surface area contributed by atoms with E-state index in [0.717, 1.165) is 11.1 Å². The summed E-state index contributed by atoms with van der Waals surface area (Å²) in [5.74, 6) is 0.569. The Bertz CT molecular complexity index is 1330. The molecule has 0 spiro atoms. The van der Waals surface area contributed by atoms with E-state index >= 15 is 0 Å². The van der Waals surface area contributed by atoms with E-state index in [1.807, 2.05) is 67.6 Å². The fourth-order valence-corrected chi connectivity index (χ4v) is 3.78. The molecular weight excluding hydrogens is 426 g/mol. The number of anilines is 1. The number of hydrogen-bond donors (Lipinski definition) is 1. The van der Waals surface area contributed by atoms with Crippen LogP contribution < -0.4 is 16.1 Å². The first-order chi connectivity index (χ1) is 15.5. The summed E-state index contributed by atoms with van der Waals surface area (Å²) in [4.78, 5) is 34.2. The predicted octanol–water partition coefficient (Wildman–Crippen LogP) is 3.77. The summed E-state index contributed by atoms with van der Waals surface area (Å²) >= 11 is 6.39. The van der Waals surface area contributed by atoms with Gasteiger partial charge in [-0.2, -0.15) is 4.98 Å². The van der Waals surface area contributed by atoms with Crippen molar-refractivity contribution in [2.45, 2.75) is 26.6 Å². The summed E-state index contributed by atoms with van der Waals surface area (Å²) in [5, 5.41) is 0.568. The van der Waals surface area contributed by atoms with Crippen LogP contribution in [0.2, 0.25) is 0 Å². The summed E-state index contributed by atoms with van der Waals surface area (Å²) in [6.45, 7) is 3.24. The average molecular weight is 450 g/mol. The van der Waals surface area contributed by atoms with Crippen LogP contribution in [0.1, 0.15) is 18.1 Å². The van der Waals surface area contributed by atoms with Crippen molar-refractivity contribution in [3.05, 3.63) is 104 Å². The topological polar surface area (TPSA) is 75.9 Å². The molecule has 7 nitrogen and oxygen atoms in total. The van der Waals surface area contributed by atoms with Gasteiger partial charge in [0.25, 0.3) is 5.56 Å². The van der Waals surface area contributed by atoms with Crippen LogP contribution in [0.5, 0.6) is 0 Å². The van der Waals surface area contributed by atoms with Gasteiger partial charge in [0.05, 0.1) is 6.54 Å². The minimum absolute atomic E-state index is 0.269. The lowest BCUT2D eigenvalue weighted by atomic mass is 10.2. The highest BCUT2D eigenvalue weighted by molar-refractivity contribution is 6.29. The molecule has 1 N–H and O–H groups in total. The van der Waals surface area contributed by atoms with Gasteiger partial charge >= 0.3 is 5.69 Å². The number of aryl methyl sites for hydroxylation is 1. The van der Waals surface area contributed by atoms with E-state index in [-0.39, 0.29) is 6.54 Å². The third kappa shape index (κ3) is 4.38. The van der Waals surface area contributed by atoms with Gasteiger partial charge in [0, 0.05) is 25.2 Å². The number of hydrogen-bond acceptors (Lipinski definition) is 4. The number of nitrogens with one attached hydrogen (secondary N) is 1. The van der Waals surface area contributed by atoms with E-state index in [0.29, 0.717) is 35.2 Å². The Morgan fingerprint density at radius 2 is 1.59 bits per heavy atom. The number of aromatic amines is 1. The van der Waals surface area contributed by atoms with Gasteiger partial charge in [0.2, 0.25) is 5.95 Å². The van der Waals surface area contributed by atoms with Crippen LogP contribution in [0.25, 0.3) is 11.2 Å². The maximum atomic E-state index is 12.8. The molecule has 0 atom stereocenters. The predicted molar refractivity (Wildman–Crippen MR) is 128 cm³/mol. The third-order valence-electron chi connectivity index (χ3n) is 5.32. The first-order valence-electron chi connectivity index (χ1n) is 10.3. The van der Waals surface area contributed by atoms with E-state index in [1.165, 1.54) is 4.57 Å². The molecule has 0 saturated carbocycles. The van der Waals surface area contributed by atoms with Gasteiger partial charge in [0.1, 0.15) is 0 Å². The Kier molecular flexibility index (Phi) is 6.28. The zero-order valence-electron chi connectivity index (χ0n) is 18.0. The van der Waals surface area contributed by atoms with Crippen molar-refractivity contribution in [1.82, 2.24) is 19.1 Å². The van der Waals surface area contributed by atoms with Gasteiger partial charge in [-0.3, -0.25) is 18.9 Å². The molecule has 0 fully saturated rings. The van der Waals surface area contributed by atoms with Crippen molar-refractivity contribution in [1.29, 1.82) is 0 Å². The van der Waals surface area contributed by atoms with E-state index in [2.05, 4.69) is 9.88 Å². The molecule has 2 aromatic carbocycles. The second-order valence-corrected chi connectivity index (χ2v) is 8.04. The summed E-state index contributed by atoms with van der Waals surface area (Å²) in [5.41, 5.74) is 1.84. The van der Waals surface area contributed by atoms with Crippen LogP contribution in [-0.4, -0.2) is 19.1 Å². The highest BCUT2D eigenvalue weighted by Gasteiger charge is 2.22. The van der Waals surface area contributed by atoms with Gasteiger partial charge < -0.3 is 4.90 Å². The first-order valence-corrected chi connectivity index (χ1v) is 10.7. The molecule has 0 radical (unpaired) electrons. The van der Waals surface area contributed by atoms with E-state index in [9.17, 15) is 9.59 Å². The number of aromatic nitrogens is 4. The molecule has 4 rings (SSSR count). The maximum absolute atomic E-state index is 12.8. The van der Waals surface area contributed by atoms with Crippen molar-refractivity contribution in [3.63, 3.8) is 0 Å². The fraction of sp³-hybridized carbons (Fsp3) is 0.208. The lowest BCUT2D eigenvalue weighted by molar-refractivity contribution is 0.714. The number of allylic oxidation sites excluding steroid dienone is 2. The van der Waals surface area contributed by atoms with Gasteiger partial charge in [-0.25, -0.2) is 4.79 Å². The SMILES string of the molecule is C/C=C(\Cl)Cn1c(N(Cc2ccccc2)Cc2ccccc2)nc2c1c(=O)[nH]c(=O)n2C.